The lowest BCUT2D eigenvalue weighted by Crippen LogP contribution is -2.52. The molecule has 216 valence electrons. The van der Waals surface area contributed by atoms with E-state index in [0.717, 1.165) is 110 Å². The summed E-state index contributed by atoms with van der Waals surface area (Å²) in [6.07, 6.45) is 17.1. The van der Waals surface area contributed by atoms with Crippen molar-refractivity contribution in [3.63, 3.8) is 0 Å². The second-order valence-electron chi connectivity index (χ2n) is 13.2. The molecule has 0 bridgehead atoms. The van der Waals surface area contributed by atoms with E-state index < -0.39 is 0 Å². The molecule has 3 aliphatic carbocycles. The smallest absolute Gasteiger partial charge is 0.239 e. The number of halogens is 1. The highest BCUT2D eigenvalue weighted by Gasteiger charge is 2.49. The first-order valence-electron chi connectivity index (χ1n) is 15.8. The van der Waals surface area contributed by atoms with Gasteiger partial charge < -0.3 is 21.1 Å². The Morgan fingerprint density at radius 1 is 0.868 bits per heavy atom. The van der Waals surface area contributed by atoms with Crippen LogP contribution in [0.5, 0.6) is 0 Å². The number of rotatable bonds is 8. The first-order valence-corrected chi connectivity index (χ1v) is 16.2. The van der Waals surface area contributed by atoms with E-state index in [9.17, 15) is 4.79 Å². The lowest BCUT2D eigenvalue weighted by Gasteiger charge is -2.41. The van der Waals surface area contributed by atoms with Crippen molar-refractivity contribution in [2.24, 2.45) is 35.1 Å². The second kappa shape index (κ2) is 13.2. The van der Waals surface area contributed by atoms with Gasteiger partial charge >= 0.3 is 0 Å². The minimum atomic E-state index is 0.00137. The minimum absolute atomic E-state index is 0.00137. The predicted molar refractivity (Wildman–Crippen MR) is 153 cm³/mol. The lowest BCUT2D eigenvalue weighted by molar-refractivity contribution is -0.138. The van der Waals surface area contributed by atoms with Crippen molar-refractivity contribution in [2.45, 2.75) is 126 Å². The topological polar surface area (TPSA) is 109 Å². The highest BCUT2D eigenvalue weighted by molar-refractivity contribution is 6.20. The number of carbonyl (C=O) groups is 1. The maximum Gasteiger partial charge on any atom is 0.239 e. The Morgan fingerprint density at radius 2 is 1.53 bits per heavy atom. The van der Waals surface area contributed by atoms with E-state index in [1.54, 1.807) is 0 Å². The van der Waals surface area contributed by atoms with Crippen molar-refractivity contribution in [3.05, 3.63) is 0 Å². The van der Waals surface area contributed by atoms with Gasteiger partial charge in [-0.15, -0.1) is 11.6 Å². The molecule has 3 saturated carbocycles. The number of likely N-dealkylation sites (tertiary alicyclic amines) is 2. The zero-order valence-electron chi connectivity index (χ0n) is 23.4. The minimum Gasteiger partial charge on any atom is -0.387 e. The number of alkyl halides is 1. The van der Waals surface area contributed by atoms with E-state index in [0.29, 0.717) is 53.1 Å². The number of ether oxygens (including phenoxy) is 1. The van der Waals surface area contributed by atoms with Crippen LogP contribution in [0.15, 0.2) is 0 Å². The molecule has 2 heterocycles. The molecule has 2 saturated heterocycles. The van der Waals surface area contributed by atoms with Crippen LogP contribution in [0, 0.1) is 29.1 Å². The summed E-state index contributed by atoms with van der Waals surface area (Å²) in [6.45, 7) is 3.52. The third kappa shape index (κ3) is 6.87. The Kier molecular flexibility index (Phi) is 9.93. The van der Waals surface area contributed by atoms with Gasteiger partial charge in [0, 0.05) is 37.0 Å². The van der Waals surface area contributed by atoms with Gasteiger partial charge in [-0.3, -0.25) is 15.1 Å². The van der Waals surface area contributed by atoms with Crippen molar-refractivity contribution < 1.29 is 9.53 Å². The molecular formula is C30H52ClN5O2. The number of amides is 1. The number of piperidine rings is 1. The highest BCUT2D eigenvalue weighted by atomic mass is 35.5. The molecule has 5 N–H and O–H groups in total. The number of nitrogens with two attached hydrogens (primary N) is 2. The van der Waals surface area contributed by atoms with E-state index in [2.05, 4.69) is 9.80 Å². The molecule has 2 aliphatic heterocycles. The van der Waals surface area contributed by atoms with Crippen LogP contribution >= 0.6 is 11.6 Å². The number of nitrogens with zero attached hydrogens (tertiary/aromatic N) is 2. The quantitative estimate of drug-likeness (QED) is 0.235. The van der Waals surface area contributed by atoms with Gasteiger partial charge in [-0.1, -0.05) is 0 Å². The maximum atomic E-state index is 13.9. The summed E-state index contributed by atoms with van der Waals surface area (Å²) in [5.41, 5.74) is 11.8. The molecule has 5 rings (SSSR count). The van der Waals surface area contributed by atoms with E-state index in [1.165, 1.54) is 12.8 Å². The molecule has 4 unspecified atom stereocenters. The van der Waals surface area contributed by atoms with Gasteiger partial charge in [-0.2, -0.15) is 0 Å². The zero-order chi connectivity index (χ0) is 26.6. The number of fused-ring (bicyclic) bond motifs is 1. The van der Waals surface area contributed by atoms with Gasteiger partial charge in [0.05, 0.1) is 24.1 Å². The third-order valence-electron chi connectivity index (χ3n) is 10.8. The molecule has 1 amide bonds. The van der Waals surface area contributed by atoms with Crippen molar-refractivity contribution in [2.75, 3.05) is 26.2 Å². The molecule has 7 nitrogen and oxygen atoms in total. The molecule has 0 spiro atoms. The second-order valence-corrected chi connectivity index (χ2v) is 13.9. The van der Waals surface area contributed by atoms with E-state index in [4.69, 9.17) is 33.2 Å². The Hall–Kier alpha value is -0.890. The van der Waals surface area contributed by atoms with Crippen LogP contribution in [0.3, 0.4) is 0 Å². The summed E-state index contributed by atoms with van der Waals surface area (Å²) < 4.78 is 6.51. The van der Waals surface area contributed by atoms with E-state index >= 15 is 0 Å². The fraction of sp³-hybridized carbons (Fsp3) is 0.933. The van der Waals surface area contributed by atoms with Crippen LogP contribution < -0.4 is 11.5 Å². The summed E-state index contributed by atoms with van der Waals surface area (Å²) in [5, 5.41) is 8.44. The number of hydrogen-bond acceptors (Lipinski definition) is 5. The van der Waals surface area contributed by atoms with Crippen molar-refractivity contribution in [1.29, 1.82) is 5.41 Å². The average Bonchev–Trinajstić information content (AvgIpc) is 3.28. The number of carbonyl (C=O) groups excluding carboxylic acids is 1. The van der Waals surface area contributed by atoms with Crippen LogP contribution in [0.4, 0.5) is 0 Å². The average molecular weight is 550 g/mol. The van der Waals surface area contributed by atoms with Crippen LogP contribution in [0.1, 0.15) is 96.3 Å². The SMILES string of the molecule is N=C(N)C1CCC2CC(C(=O)N3CCC(CCN)CC3)N(CC3CCC(OC4CCC(Cl)CC4)CC3)C2C1. The van der Waals surface area contributed by atoms with Gasteiger partial charge in [0.25, 0.3) is 0 Å². The van der Waals surface area contributed by atoms with Crippen LogP contribution in [0.25, 0.3) is 0 Å². The van der Waals surface area contributed by atoms with Crippen LogP contribution in [-0.4, -0.2) is 77.4 Å². The summed E-state index contributed by atoms with van der Waals surface area (Å²) >= 11 is 6.29. The van der Waals surface area contributed by atoms with Gasteiger partial charge in [0.1, 0.15) is 0 Å². The Bertz CT molecular complexity index is 790. The largest absolute Gasteiger partial charge is 0.387 e. The molecule has 38 heavy (non-hydrogen) atoms. The van der Waals surface area contributed by atoms with Gasteiger partial charge in [0.2, 0.25) is 5.91 Å². The van der Waals surface area contributed by atoms with Crippen molar-refractivity contribution in [1.82, 2.24) is 9.80 Å². The molecular weight excluding hydrogens is 498 g/mol. The van der Waals surface area contributed by atoms with Gasteiger partial charge in [-0.25, -0.2) is 0 Å². The summed E-state index contributed by atoms with van der Waals surface area (Å²) in [7, 11) is 0. The fourth-order valence-electron chi connectivity index (χ4n) is 8.40. The monoisotopic (exact) mass is 549 g/mol. The fourth-order valence-corrected chi connectivity index (χ4v) is 8.65. The number of nitrogens with one attached hydrogen (secondary N) is 1. The number of hydrogen-bond donors (Lipinski definition) is 3. The Balaban J connectivity index is 1.19. The van der Waals surface area contributed by atoms with Crippen molar-refractivity contribution in [3.8, 4) is 0 Å². The maximum absolute atomic E-state index is 13.9. The van der Waals surface area contributed by atoms with Crippen molar-refractivity contribution >= 4 is 23.3 Å². The van der Waals surface area contributed by atoms with E-state index in [1.807, 2.05) is 0 Å². The molecule has 0 radical (unpaired) electrons. The highest BCUT2D eigenvalue weighted by Crippen LogP contribution is 2.44. The summed E-state index contributed by atoms with van der Waals surface area (Å²) in [5.74, 6) is 2.72. The number of amidine groups is 1. The molecule has 5 fully saturated rings. The first-order chi connectivity index (χ1) is 18.4. The molecule has 4 atom stereocenters. The molecule has 5 aliphatic rings. The van der Waals surface area contributed by atoms with Crippen LogP contribution in [-0.2, 0) is 9.53 Å². The normalized spacial score (nSPS) is 39.2. The molecule has 8 heteroatoms. The molecule has 0 aromatic heterocycles. The Morgan fingerprint density at radius 3 is 2.16 bits per heavy atom. The molecule has 0 aromatic carbocycles. The predicted octanol–water partition coefficient (Wildman–Crippen LogP) is 4.49. The lowest BCUT2D eigenvalue weighted by atomic mass is 9.77. The standard InChI is InChI=1S/C30H52ClN5O2/c31-24-5-9-26(10-6-24)38-25-7-1-21(2-8-25)19-36-27-18-23(29(33)34)4-3-22(27)17-28(36)30(37)35-15-12-20(11-14-32)13-16-35/h20-28H,1-19,32H2,(H3,33,34). The van der Waals surface area contributed by atoms with E-state index in [-0.39, 0.29) is 12.0 Å². The van der Waals surface area contributed by atoms with Gasteiger partial charge in [-0.05, 0) is 121 Å². The Labute approximate surface area is 235 Å². The third-order valence-corrected chi connectivity index (χ3v) is 11.2. The first kappa shape index (κ1) is 28.6. The van der Waals surface area contributed by atoms with Crippen LogP contribution in [0.2, 0.25) is 0 Å². The molecule has 0 aromatic rings. The zero-order valence-corrected chi connectivity index (χ0v) is 24.1. The summed E-state index contributed by atoms with van der Waals surface area (Å²) in [6, 6.07) is 0.391. The van der Waals surface area contributed by atoms with Gasteiger partial charge in [0.15, 0.2) is 0 Å². The summed E-state index contributed by atoms with van der Waals surface area (Å²) in [4.78, 5) is 18.7.